The Kier molecular flexibility index (Phi) is 9.53. The van der Waals surface area contributed by atoms with Crippen LogP contribution in [-0.4, -0.2) is 23.1 Å². The zero-order valence-corrected chi connectivity index (χ0v) is 22.5. The maximum Gasteiger partial charge on any atom is 0.163 e. The molecule has 0 spiro atoms. The number of hydrogen-bond acceptors (Lipinski definition) is 4. The maximum atomic E-state index is 13.3. The number of aryl methyl sites for hydroxylation is 2. The first-order chi connectivity index (χ1) is 17.1. The van der Waals surface area contributed by atoms with Crippen LogP contribution in [0.25, 0.3) is 11.1 Å². The van der Waals surface area contributed by atoms with E-state index in [1.807, 2.05) is 19.9 Å². The van der Waals surface area contributed by atoms with E-state index in [0.29, 0.717) is 12.8 Å². The second-order valence-corrected chi connectivity index (χ2v) is 10.6. The van der Waals surface area contributed by atoms with Crippen LogP contribution < -0.4 is 0 Å². The smallest absolute Gasteiger partial charge is 0.163 e. The summed E-state index contributed by atoms with van der Waals surface area (Å²) in [5, 5.41) is 0. The minimum absolute atomic E-state index is 0.00713. The molecular weight excluding hydrogens is 448 g/mol. The highest BCUT2D eigenvalue weighted by Crippen LogP contribution is 2.39. The highest BCUT2D eigenvalue weighted by atomic mass is 16.1. The minimum Gasteiger partial charge on any atom is -0.300 e. The van der Waals surface area contributed by atoms with E-state index in [1.165, 1.54) is 6.92 Å². The van der Waals surface area contributed by atoms with Crippen molar-refractivity contribution in [3.63, 3.8) is 0 Å². The van der Waals surface area contributed by atoms with Crippen molar-refractivity contribution >= 4 is 23.1 Å². The molecule has 0 aromatic heterocycles. The van der Waals surface area contributed by atoms with Crippen LogP contribution in [0.3, 0.4) is 0 Å². The van der Waals surface area contributed by atoms with Crippen LogP contribution >= 0.6 is 0 Å². The topological polar surface area (TPSA) is 68.3 Å². The molecule has 1 aliphatic rings. The van der Waals surface area contributed by atoms with Gasteiger partial charge in [0.15, 0.2) is 5.78 Å². The fourth-order valence-electron chi connectivity index (χ4n) is 5.94. The molecule has 0 aliphatic heterocycles. The maximum absolute atomic E-state index is 13.3. The molecule has 192 valence electrons. The minimum atomic E-state index is -0.130. The Balaban J connectivity index is 1.87. The fraction of sp³-hybridized carbons (Fsp3) is 0.500. The van der Waals surface area contributed by atoms with E-state index in [4.69, 9.17) is 0 Å². The molecule has 0 saturated carbocycles. The molecule has 36 heavy (non-hydrogen) atoms. The zero-order valence-electron chi connectivity index (χ0n) is 22.5. The van der Waals surface area contributed by atoms with Gasteiger partial charge in [-0.05, 0) is 86.1 Å². The lowest BCUT2D eigenvalue weighted by Crippen LogP contribution is -2.29. The monoisotopic (exact) mass is 488 g/mol. The fourth-order valence-corrected chi connectivity index (χ4v) is 5.94. The Morgan fingerprint density at radius 1 is 0.917 bits per heavy atom. The molecule has 4 nitrogen and oxygen atoms in total. The molecule has 0 fully saturated rings. The first-order valence-electron chi connectivity index (χ1n) is 13.4. The van der Waals surface area contributed by atoms with Crippen LogP contribution in [0.2, 0.25) is 0 Å². The van der Waals surface area contributed by atoms with Crippen LogP contribution in [0.15, 0.2) is 36.4 Å². The van der Waals surface area contributed by atoms with Crippen molar-refractivity contribution in [1.29, 1.82) is 0 Å². The number of benzene rings is 2. The molecular formula is C32H40O4. The van der Waals surface area contributed by atoms with Crippen molar-refractivity contribution in [3.8, 4) is 11.1 Å². The number of carbonyl (C=O) groups excluding carboxylic acids is 4. The van der Waals surface area contributed by atoms with Gasteiger partial charge in [-0.1, -0.05) is 56.7 Å². The van der Waals surface area contributed by atoms with Gasteiger partial charge >= 0.3 is 0 Å². The van der Waals surface area contributed by atoms with E-state index in [1.54, 1.807) is 6.92 Å². The molecule has 4 heteroatoms. The van der Waals surface area contributed by atoms with E-state index >= 15 is 0 Å². The molecule has 2 aromatic rings. The highest BCUT2D eigenvalue weighted by molar-refractivity contribution is 6.02. The van der Waals surface area contributed by atoms with Gasteiger partial charge in [0.1, 0.15) is 17.3 Å². The molecule has 0 bridgehead atoms. The number of fused-ring (bicyclic) bond motifs is 1. The van der Waals surface area contributed by atoms with Gasteiger partial charge in [0.2, 0.25) is 0 Å². The van der Waals surface area contributed by atoms with Gasteiger partial charge in [0, 0.05) is 24.3 Å². The zero-order chi connectivity index (χ0) is 26.4. The largest absolute Gasteiger partial charge is 0.300 e. The van der Waals surface area contributed by atoms with Gasteiger partial charge in [-0.3, -0.25) is 14.4 Å². The van der Waals surface area contributed by atoms with Gasteiger partial charge in [0.05, 0.1) is 6.42 Å². The summed E-state index contributed by atoms with van der Waals surface area (Å²) in [5.41, 5.74) is 6.31. The van der Waals surface area contributed by atoms with E-state index in [2.05, 4.69) is 37.3 Å². The summed E-state index contributed by atoms with van der Waals surface area (Å²) in [7, 11) is 0. The van der Waals surface area contributed by atoms with E-state index in [9.17, 15) is 19.2 Å². The van der Waals surface area contributed by atoms with Crippen LogP contribution in [0.5, 0.6) is 0 Å². The Bertz CT molecular complexity index is 1130. The van der Waals surface area contributed by atoms with Gasteiger partial charge in [-0.25, -0.2) is 0 Å². The number of rotatable bonds is 12. The van der Waals surface area contributed by atoms with E-state index in [0.717, 1.165) is 65.5 Å². The van der Waals surface area contributed by atoms with E-state index in [-0.39, 0.29) is 47.3 Å². The lowest BCUT2D eigenvalue weighted by Gasteiger charge is -2.32. The molecule has 0 heterocycles. The van der Waals surface area contributed by atoms with Crippen molar-refractivity contribution in [1.82, 2.24) is 0 Å². The van der Waals surface area contributed by atoms with Crippen molar-refractivity contribution in [2.75, 3.05) is 0 Å². The summed E-state index contributed by atoms with van der Waals surface area (Å²) in [5.74, 6) is 0.573. The summed E-state index contributed by atoms with van der Waals surface area (Å²) < 4.78 is 0. The van der Waals surface area contributed by atoms with Crippen LogP contribution in [-0.2, 0) is 27.2 Å². The van der Waals surface area contributed by atoms with Crippen LogP contribution in [0.1, 0.15) is 93.3 Å². The molecule has 3 atom stereocenters. The second-order valence-electron chi connectivity index (χ2n) is 10.6. The van der Waals surface area contributed by atoms with Gasteiger partial charge in [-0.15, -0.1) is 0 Å². The molecule has 0 N–H and O–H groups in total. The third-order valence-corrected chi connectivity index (χ3v) is 7.80. The quantitative estimate of drug-likeness (QED) is 0.304. The standard InChI is InChI=1S/C32H40O4/c1-6-25(27(7-2)30(35)16-22(5)34)17-24-18-29-28(15-8-20(3)32(29)31(36)19-24)26-13-11-23(12-14-26)10-9-21(4)33/h8,11-15,24-25,27H,6-7,9-10,16-19H2,1-5H3. The van der Waals surface area contributed by atoms with Crippen molar-refractivity contribution in [2.24, 2.45) is 17.8 Å². The highest BCUT2D eigenvalue weighted by Gasteiger charge is 2.33. The summed E-state index contributed by atoms with van der Waals surface area (Å²) in [6, 6.07) is 12.5. The number of Topliss-reactive ketones (excluding diaryl/α,β-unsaturated/α-hetero) is 4. The Labute approximate surface area is 215 Å². The van der Waals surface area contributed by atoms with Gasteiger partial charge < -0.3 is 4.79 Å². The Morgan fingerprint density at radius 2 is 1.61 bits per heavy atom. The molecule has 0 amide bonds. The summed E-state index contributed by atoms with van der Waals surface area (Å²) in [6.45, 7) is 9.23. The predicted octanol–water partition coefficient (Wildman–Crippen LogP) is 6.92. The molecule has 0 radical (unpaired) electrons. The Morgan fingerprint density at radius 3 is 2.19 bits per heavy atom. The normalized spacial score (nSPS) is 16.8. The van der Waals surface area contributed by atoms with Gasteiger partial charge in [0.25, 0.3) is 0 Å². The Hall–Kier alpha value is -2.88. The van der Waals surface area contributed by atoms with Crippen LogP contribution in [0.4, 0.5) is 0 Å². The molecule has 3 rings (SSSR count). The number of carbonyl (C=O) groups is 4. The summed E-state index contributed by atoms with van der Waals surface area (Å²) in [6.07, 6.45) is 5.02. The molecule has 2 aromatic carbocycles. The third-order valence-electron chi connectivity index (χ3n) is 7.80. The van der Waals surface area contributed by atoms with Crippen molar-refractivity contribution < 1.29 is 19.2 Å². The average Bonchev–Trinajstić information content (AvgIpc) is 2.82. The van der Waals surface area contributed by atoms with Gasteiger partial charge in [-0.2, -0.15) is 0 Å². The summed E-state index contributed by atoms with van der Waals surface area (Å²) in [4.78, 5) is 49.0. The SMILES string of the molecule is CCC(CC1CC(=O)c2c(C)ccc(-c3ccc(CCC(C)=O)cc3)c2C1)C(CC)C(=O)CC(C)=O. The van der Waals surface area contributed by atoms with Crippen molar-refractivity contribution in [3.05, 3.63) is 58.7 Å². The molecule has 3 unspecified atom stereocenters. The lowest BCUT2D eigenvalue weighted by molar-refractivity contribution is -0.130. The third kappa shape index (κ3) is 6.66. The summed E-state index contributed by atoms with van der Waals surface area (Å²) >= 11 is 0. The predicted molar refractivity (Wildman–Crippen MR) is 144 cm³/mol. The van der Waals surface area contributed by atoms with Crippen LogP contribution in [0, 0.1) is 24.7 Å². The van der Waals surface area contributed by atoms with E-state index < -0.39 is 0 Å². The van der Waals surface area contributed by atoms with Crippen molar-refractivity contribution in [2.45, 2.75) is 86.0 Å². The number of hydrogen-bond donors (Lipinski definition) is 0. The first-order valence-corrected chi connectivity index (χ1v) is 13.4. The molecule has 1 aliphatic carbocycles. The second kappa shape index (κ2) is 12.4. The lowest BCUT2D eigenvalue weighted by atomic mass is 9.71. The number of ketones is 4. The first kappa shape index (κ1) is 27.7. The molecule has 0 saturated heterocycles. The average molecular weight is 489 g/mol.